The van der Waals surface area contributed by atoms with Crippen LogP contribution in [0.4, 0.5) is 22.7 Å². The lowest BCUT2D eigenvalue weighted by molar-refractivity contribution is -0.385. The fraction of sp³-hybridized carbons (Fsp3) is 0.263. The van der Waals surface area contributed by atoms with Crippen LogP contribution in [0.3, 0.4) is 0 Å². The molecule has 2 aromatic rings. The van der Waals surface area contributed by atoms with Crippen LogP contribution in [-0.4, -0.2) is 21.3 Å². The summed E-state index contributed by atoms with van der Waals surface area (Å²) in [5.41, 5.74) is 8.08. The molecule has 0 aromatic heterocycles. The van der Waals surface area contributed by atoms with Gasteiger partial charge in [0.25, 0.3) is 11.4 Å². The third-order valence-electron chi connectivity index (χ3n) is 4.67. The van der Waals surface area contributed by atoms with E-state index in [2.05, 4.69) is 21.1 Å². The Bertz CT molecular complexity index is 872. The Hall–Kier alpha value is -3.82. The Balaban J connectivity index is 2.06. The highest BCUT2D eigenvalue weighted by atomic mass is 16.6. The first-order valence-electron chi connectivity index (χ1n) is 8.71. The molecule has 0 bridgehead atoms. The first-order valence-corrected chi connectivity index (χ1v) is 8.71. The quantitative estimate of drug-likeness (QED) is 0.372. The molecule has 0 heterocycles. The number of anilines is 2. The summed E-state index contributed by atoms with van der Waals surface area (Å²) >= 11 is 0. The van der Waals surface area contributed by atoms with E-state index in [1.165, 1.54) is 24.3 Å². The predicted octanol–water partition coefficient (Wildman–Crippen LogP) is 4.81. The maximum Gasteiger partial charge on any atom is 0.269 e. The van der Waals surface area contributed by atoms with Crippen molar-refractivity contribution in [1.82, 2.24) is 0 Å². The minimum Gasteiger partial charge on any atom is -0.279 e. The van der Waals surface area contributed by atoms with E-state index in [0.29, 0.717) is 11.4 Å². The van der Waals surface area contributed by atoms with Crippen LogP contribution in [0.15, 0.2) is 58.7 Å². The number of hydrogen-bond acceptors (Lipinski definition) is 8. The summed E-state index contributed by atoms with van der Waals surface area (Å²) < 4.78 is 0. The van der Waals surface area contributed by atoms with Crippen molar-refractivity contribution in [2.24, 2.45) is 15.6 Å². The molecule has 2 rings (SSSR count). The zero-order valence-electron chi connectivity index (χ0n) is 16.5. The average Bonchev–Trinajstić information content (AvgIpc) is 2.70. The second kappa shape index (κ2) is 8.91. The lowest BCUT2D eigenvalue weighted by Crippen LogP contribution is -2.31. The number of nitro groups is 2. The number of benzene rings is 2. The average molecular weight is 398 g/mol. The summed E-state index contributed by atoms with van der Waals surface area (Å²) in [6.07, 6.45) is 0. The van der Waals surface area contributed by atoms with Crippen LogP contribution in [0.25, 0.3) is 0 Å². The van der Waals surface area contributed by atoms with Crippen LogP contribution in [0, 0.1) is 25.6 Å². The van der Waals surface area contributed by atoms with E-state index in [9.17, 15) is 20.2 Å². The van der Waals surface area contributed by atoms with Crippen LogP contribution in [0.2, 0.25) is 0 Å². The first kappa shape index (κ1) is 21.5. The van der Waals surface area contributed by atoms with E-state index in [4.69, 9.17) is 0 Å². The van der Waals surface area contributed by atoms with Crippen molar-refractivity contribution >= 4 is 34.2 Å². The molecule has 0 aliphatic heterocycles. The van der Waals surface area contributed by atoms with Gasteiger partial charge < -0.3 is 0 Å². The number of nitro benzene ring substituents is 2. The maximum atomic E-state index is 10.7. The summed E-state index contributed by atoms with van der Waals surface area (Å²) in [5, 5.41) is 30.1. The largest absolute Gasteiger partial charge is 0.279 e. The number of nitrogens with zero attached hydrogens (tertiary/aromatic N) is 4. The van der Waals surface area contributed by atoms with Crippen LogP contribution in [0.1, 0.15) is 27.7 Å². The van der Waals surface area contributed by atoms with Gasteiger partial charge in [-0.2, -0.15) is 10.2 Å². The van der Waals surface area contributed by atoms with Crippen molar-refractivity contribution in [2.75, 3.05) is 10.9 Å². The zero-order valence-corrected chi connectivity index (χ0v) is 16.5. The molecule has 2 aromatic carbocycles. The van der Waals surface area contributed by atoms with Gasteiger partial charge in [-0.25, -0.2) is 0 Å². The van der Waals surface area contributed by atoms with Gasteiger partial charge in [0.2, 0.25) is 0 Å². The molecule has 0 amide bonds. The molecule has 152 valence electrons. The number of hydrogen-bond donors (Lipinski definition) is 2. The molecule has 0 saturated heterocycles. The molecule has 2 N–H and O–H groups in total. The smallest absolute Gasteiger partial charge is 0.269 e. The molecule has 10 nitrogen and oxygen atoms in total. The number of rotatable bonds is 8. The minimum absolute atomic E-state index is 0.0110. The molecular weight excluding hydrogens is 376 g/mol. The summed E-state index contributed by atoms with van der Waals surface area (Å²) in [6, 6.07) is 11.9. The lowest BCUT2D eigenvalue weighted by atomic mass is 9.84. The van der Waals surface area contributed by atoms with Crippen LogP contribution in [-0.2, 0) is 0 Å². The topological polar surface area (TPSA) is 135 Å². The molecule has 0 spiro atoms. The van der Waals surface area contributed by atoms with Crippen molar-refractivity contribution in [3.63, 3.8) is 0 Å². The number of hydrazone groups is 2. The standard InChI is InChI=1S/C19H22N6O4/c1-13(20-22-15-5-9-17(10-6-15)24(26)27)19(3,4)14(2)21-23-16-7-11-18(12-8-16)25(28)29/h5-12,22-23H,1-4H3/b20-13+,21-14+. The van der Waals surface area contributed by atoms with Gasteiger partial charge in [-0.3, -0.25) is 31.1 Å². The van der Waals surface area contributed by atoms with Crippen molar-refractivity contribution in [1.29, 1.82) is 0 Å². The molecule has 0 atom stereocenters. The van der Waals surface area contributed by atoms with Gasteiger partial charge in [-0.05, 0) is 52.0 Å². The van der Waals surface area contributed by atoms with Gasteiger partial charge in [-0.1, -0.05) is 0 Å². The van der Waals surface area contributed by atoms with E-state index >= 15 is 0 Å². The molecular formula is C19H22N6O4. The Morgan fingerprint density at radius 1 is 0.759 bits per heavy atom. The molecule has 10 heteroatoms. The highest BCUT2D eigenvalue weighted by Gasteiger charge is 2.26. The van der Waals surface area contributed by atoms with Gasteiger partial charge >= 0.3 is 0 Å². The Labute approximate surface area is 167 Å². The normalized spacial score (nSPS) is 12.4. The molecule has 0 radical (unpaired) electrons. The van der Waals surface area contributed by atoms with Crippen molar-refractivity contribution in [2.45, 2.75) is 27.7 Å². The zero-order chi connectivity index (χ0) is 21.6. The summed E-state index contributed by atoms with van der Waals surface area (Å²) in [7, 11) is 0. The van der Waals surface area contributed by atoms with E-state index in [1.54, 1.807) is 24.3 Å². The van der Waals surface area contributed by atoms with Gasteiger partial charge in [-0.15, -0.1) is 0 Å². The Morgan fingerprint density at radius 2 is 1.07 bits per heavy atom. The van der Waals surface area contributed by atoms with Gasteiger partial charge in [0.1, 0.15) is 0 Å². The lowest BCUT2D eigenvalue weighted by Gasteiger charge is -2.24. The van der Waals surface area contributed by atoms with Gasteiger partial charge in [0, 0.05) is 41.1 Å². The summed E-state index contributed by atoms with van der Waals surface area (Å²) in [4.78, 5) is 20.5. The van der Waals surface area contributed by atoms with E-state index in [0.717, 1.165) is 11.4 Å². The number of non-ortho nitro benzene ring substituents is 2. The van der Waals surface area contributed by atoms with Crippen molar-refractivity contribution in [3.05, 3.63) is 68.8 Å². The molecule has 29 heavy (non-hydrogen) atoms. The third-order valence-corrected chi connectivity index (χ3v) is 4.67. The van der Waals surface area contributed by atoms with Crippen molar-refractivity contribution < 1.29 is 9.85 Å². The highest BCUT2D eigenvalue weighted by molar-refractivity contribution is 6.09. The van der Waals surface area contributed by atoms with E-state index in [1.807, 2.05) is 27.7 Å². The van der Waals surface area contributed by atoms with E-state index < -0.39 is 15.3 Å². The maximum absolute atomic E-state index is 10.7. The Kier molecular flexibility index (Phi) is 6.60. The SMILES string of the molecule is C/C(=N\Nc1ccc([N+](=O)[O-])cc1)C(C)(C)/C(C)=N/Nc1ccc([N+](=O)[O-])cc1. The molecule has 0 saturated carbocycles. The van der Waals surface area contributed by atoms with Crippen molar-refractivity contribution in [3.8, 4) is 0 Å². The summed E-state index contributed by atoms with van der Waals surface area (Å²) in [6.45, 7) is 7.62. The summed E-state index contributed by atoms with van der Waals surface area (Å²) in [5.74, 6) is 0. The molecule has 0 aliphatic carbocycles. The molecule has 0 unspecified atom stereocenters. The van der Waals surface area contributed by atoms with Gasteiger partial charge in [0.15, 0.2) is 0 Å². The Morgan fingerprint density at radius 3 is 1.34 bits per heavy atom. The number of nitrogens with one attached hydrogen (secondary N) is 2. The molecule has 0 aliphatic rings. The third kappa shape index (κ3) is 5.58. The first-order chi connectivity index (χ1) is 13.6. The highest BCUT2D eigenvalue weighted by Crippen LogP contribution is 2.22. The van der Waals surface area contributed by atoms with Crippen LogP contribution >= 0.6 is 0 Å². The van der Waals surface area contributed by atoms with Crippen LogP contribution in [0.5, 0.6) is 0 Å². The van der Waals surface area contributed by atoms with E-state index in [-0.39, 0.29) is 11.4 Å². The monoisotopic (exact) mass is 398 g/mol. The second-order valence-corrected chi connectivity index (χ2v) is 6.85. The molecule has 0 fully saturated rings. The van der Waals surface area contributed by atoms with Gasteiger partial charge in [0.05, 0.1) is 21.2 Å². The minimum atomic E-state index is -0.485. The predicted molar refractivity (Wildman–Crippen MR) is 113 cm³/mol. The van der Waals surface area contributed by atoms with Crippen LogP contribution < -0.4 is 10.9 Å². The fourth-order valence-corrected chi connectivity index (χ4v) is 2.15. The fourth-order valence-electron chi connectivity index (χ4n) is 2.15. The second-order valence-electron chi connectivity index (χ2n) is 6.85.